The first kappa shape index (κ1) is 15.5. The highest BCUT2D eigenvalue weighted by Crippen LogP contribution is 2.38. The maximum Gasteiger partial charge on any atom is 0.179 e. The lowest BCUT2D eigenvalue weighted by molar-refractivity contribution is 0.355. The van der Waals surface area contributed by atoms with E-state index in [4.69, 9.17) is 26.8 Å². The second kappa shape index (κ2) is 6.74. The Morgan fingerprint density at radius 1 is 1.29 bits per heavy atom. The molecular weight excluding hydrogens is 290 g/mol. The van der Waals surface area contributed by atoms with Crippen molar-refractivity contribution in [3.63, 3.8) is 0 Å². The van der Waals surface area contributed by atoms with E-state index in [1.807, 2.05) is 13.0 Å². The average Bonchev–Trinajstić information content (AvgIpc) is 2.45. The second-order valence-electron chi connectivity index (χ2n) is 4.75. The molecule has 1 unspecified atom stereocenters. The molecule has 1 heterocycles. The zero-order valence-electron chi connectivity index (χ0n) is 12.3. The van der Waals surface area contributed by atoms with E-state index < -0.39 is 0 Å². The zero-order chi connectivity index (χ0) is 15.4. The highest BCUT2D eigenvalue weighted by molar-refractivity contribution is 6.32. The Morgan fingerprint density at radius 2 is 2.05 bits per heavy atom. The number of hydrogen-bond donors (Lipinski definition) is 1. The van der Waals surface area contributed by atoms with Crippen LogP contribution in [0.25, 0.3) is 11.4 Å². The van der Waals surface area contributed by atoms with E-state index in [0.29, 0.717) is 28.8 Å². The smallest absolute Gasteiger partial charge is 0.179 e. The van der Waals surface area contributed by atoms with Crippen molar-refractivity contribution < 1.29 is 9.47 Å². The summed E-state index contributed by atoms with van der Waals surface area (Å²) < 4.78 is 10.5. The summed E-state index contributed by atoms with van der Waals surface area (Å²) in [6.45, 7) is 1.94. The van der Waals surface area contributed by atoms with Gasteiger partial charge in [0.1, 0.15) is 0 Å². The highest BCUT2D eigenvalue weighted by atomic mass is 35.5. The lowest BCUT2D eigenvalue weighted by Gasteiger charge is -2.12. The summed E-state index contributed by atoms with van der Waals surface area (Å²) in [5.41, 5.74) is 7.46. The van der Waals surface area contributed by atoms with E-state index in [0.717, 1.165) is 11.3 Å². The summed E-state index contributed by atoms with van der Waals surface area (Å²) in [7, 11) is 3.11. The molecule has 112 valence electrons. The Labute approximate surface area is 129 Å². The first-order valence-corrected chi connectivity index (χ1v) is 6.92. The normalized spacial score (nSPS) is 12.0. The highest BCUT2D eigenvalue weighted by Gasteiger charge is 2.13. The van der Waals surface area contributed by atoms with Crippen molar-refractivity contribution in [1.82, 2.24) is 9.97 Å². The van der Waals surface area contributed by atoms with Crippen molar-refractivity contribution in [3.8, 4) is 22.9 Å². The maximum absolute atomic E-state index is 6.21. The van der Waals surface area contributed by atoms with Gasteiger partial charge in [-0.3, -0.25) is 0 Å². The number of aromatic nitrogens is 2. The van der Waals surface area contributed by atoms with Crippen LogP contribution in [-0.4, -0.2) is 30.2 Å². The number of nitrogens with zero attached hydrogens (tertiary/aromatic N) is 2. The summed E-state index contributed by atoms with van der Waals surface area (Å²) in [6.07, 6.45) is 2.40. The SMILES string of the molecule is COc1cc(-c2nccc(CC(C)N)n2)cc(Cl)c1OC. The van der Waals surface area contributed by atoms with Gasteiger partial charge < -0.3 is 15.2 Å². The van der Waals surface area contributed by atoms with Crippen molar-refractivity contribution in [1.29, 1.82) is 0 Å². The molecule has 2 aromatic rings. The van der Waals surface area contributed by atoms with Gasteiger partial charge in [-0.25, -0.2) is 9.97 Å². The van der Waals surface area contributed by atoms with Crippen molar-refractivity contribution in [2.24, 2.45) is 5.73 Å². The molecule has 0 spiro atoms. The van der Waals surface area contributed by atoms with E-state index in [1.165, 1.54) is 0 Å². The molecule has 1 aromatic heterocycles. The predicted molar refractivity (Wildman–Crippen MR) is 82.9 cm³/mol. The Balaban J connectivity index is 2.44. The number of hydrogen-bond acceptors (Lipinski definition) is 5. The van der Waals surface area contributed by atoms with Crippen LogP contribution in [0.15, 0.2) is 24.4 Å². The van der Waals surface area contributed by atoms with Gasteiger partial charge in [0.05, 0.1) is 19.2 Å². The van der Waals surface area contributed by atoms with Crippen LogP contribution in [0.2, 0.25) is 5.02 Å². The molecule has 2 N–H and O–H groups in total. The summed E-state index contributed by atoms with van der Waals surface area (Å²) in [5, 5.41) is 0.452. The van der Waals surface area contributed by atoms with Crippen LogP contribution in [0.4, 0.5) is 0 Å². The molecule has 0 fully saturated rings. The molecule has 0 bridgehead atoms. The van der Waals surface area contributed by atoms with Crippen LogP contribution in [0.3, 0.4) is 0 Å². The minimum atomic E-state index is 0.0433. The van der Waals surface area contributed by atoms with E-state index in [-0.39, 0.29) is 6.04 Å². The number of nitrogens with two attached hydrogens (primary N) is 1. The molecule has 6 heteroatoms. The number of ether oxygens (including phenoxy) is 2. The van der Waals surface area contributed by atoms with E-state index in [9.17, 15) is 0 Å². The van der Waals surface area contributed by atoms with Crippen LogP contribution in [0.1, 0.15) is 12.6 Å². The fourth-order valence-corrected chi connectivity index (χ4v) is 2.31. The van der Waals surface area contributed by atoms with Crippen LogP contribution < -0.4 is 15.2 Å². The molecule has 21 heavy (non-hydrogen) atoms. The predicted octanol–water partition coefficient (Wildman–Crippen LogP) is 2.70. The average molecular weight is 308 g/mol. The van der Waals surface area contributed by atoms with Crippen LogP contribution in [0, 0.1) is 0 Å². The molecule has 1 atom stereocenters. The van der Waals surface area contributed by atoms with Crippen LogP contribution in [-0.2, 0) is 6.42 Å². The van der Waals surface area contributed by atoms with Gasteiger partial charge >= 0.3 is 0 Å². The fraction of sp³-hybridized carbons (Fsp3) is 0.333. The minimum absolute atomic E-state index is 0.0433. The summed E-state index contributed by atoms with van der Waals surface area (Å²) in [4.78, 5) is 8.79. The maximum atomic E-state index is 6.21. The first-order chi connectivity index (χ1) is 10.0. The van der Waals surface area contributed by atoms with E-state index in [1.54, 1.807) is 32.5 Å². The molecule has 0 radical (unpaired) electrons. The molecule has 0 aliphatic heterocycles. The first-order valence-electron chi connectivity index (χ1n) is 6.54. The van der Waals surface area contributed by atoms with Gasteiger partial charge in [0.15, 0.2) is 17.3 Å². The quantitative estimate of drug-likeness (QED) is 0.919. The third kappa shape index (κ3) is 3.62. The topological polar surface area (TPSA) is 70.3 Å². The molecule has 0 aliphatic rings. The molecule has 5 nitrogen and oxygen atoms in total. The van der Waals surface area contributed by atoms with E-state index >= 15 is 0 Å². The van der Waals surface area contributed by atoms with Crippen LogP contribution >= 0.6 is 11.6 Å². The number of benzene rings is 1. The largest absolute Gasteiger partial charge is 0.493 e. The zero-order valence-corrected chi connectivity index (χ0v) is 13.0. The van der Waals surface area contributed by atoms with Crippen molar-refractivity contribution in [2.75, 3.05) is 14.2 Å². The molecule has 2 rings (SSSR count). The summed E-state index contributed by atoms with van der Waals surface area (Å²) >= 11 is 6.21. The Hall–Kier alpha value is -1.85. The summed E-state index contributed by atoms with van der Waals surface area (Å²) in [5.74, 6) is 1.62. The van der Waals surface area contributed by atoms with Gasteiger partial charge in [0, 0.05) is 29.9 Å². The van der Waals surface area contributed by atoms with Crippen LogP contribution in [0.5, 0.6) is 11.5 Å². The lowest BCUT2D eigenvalue weighted by atomic mass is 10.1. The Kier molecular flexibility index (Phi) is 4.98. The van der Waals surface area contributed by atoms with E-state index in [2.05, 4.69) is 9.97 Å². The lowest BCUT2D eigenvalue weighted by Crippen LogP contribution is -2.18. The molecule has 0 aliphatic carbocycles. The van der Waals surface area contributed by atoms with Gasteiger partial charge in [0.2, 0.25) is 0 Å². The Bertz CT molecular complexity index is 632. The van der Waals surface area contributed by atoms with Crippen molar-refractivity contribution >= 4 is 11.6 Å². The van der Waals surface area contributed by atoms with Crippen molar-refractivity contribution in [2.45, 2.75) is 19.4 Å². The minimum Gasteiger partial charge on any atom is -0.493 e. The standard InChI is InChI=1S/C15H18ClN3O2/c1-9(17)6-11-4-5-18-15(19-11)10-7-12(16)14(21-3)13(8-10)20-2/h4-5,7-9H,6,17H2,1-3H3. The molecule has 0 amide bonds. The summed E-state index contributed by atoms with van der Waals surface area (Å²) in [6, 6.07) is 5.46. The third-order valence-electron chi connectivity index (χ3n) is 2.94. The molecule has 0 saturated carbocycles. The number of halogens is 1. The molecule has 0 saturated heterocycles. The molecule has 1 aromatic carbocycles. The number of rotatable bonds is 5. The van der Waals surface area contributed by atoms with Gasteiger partial charge in [0.25, 0.3) is 0 Å². The second-order valence-corrected chi connectivity index (χ2v) is 5.15. The third-order valence-corrected chi connectivity index (χ3v) is 3.22. The van der Waals surface area contributed by atoms with Gasteiger partial charge in [-0.2, -0.15) is 0 Å². The number of methoxy groups -OCH3 is 2. The van der Waals surface area contributed by atoms with Crippen molar-refractivity contribution in [3.05, 3.63) is 35.1 Å². The monoisotopic (exact) mass is 307 g/mol. The Morgan fingerprint density at radius 3 is 2.67 bits per heavy atom. The van der Waals surface area contributed by atoms with Gasteiger partial charge in [-0.15, -0.1) is 0 Å². The fourth-order valence-electron chi connectivity index (χ4n) is 2.03. The van der Waals surface area contributed by atoms with Gasteiger partial charge in [-0.1, -0.05) is 11.6 Å². The molecular formula is C15H18ClN3O2. The van der Waals surface area contributed by atoms with Gasteiger partial charge in [-0.05, 0) is 25.1 Å².